The molecule has 7 heteroatoms. The van der Waals surface area contributed by atoms with Gasteiger partial charge in [-0.05, 0) is 18.9 Å². The van der Waals surface area contributed by atoms with E-state index in [4.69, 9.17) is 4.74 Å². The number of hydrogen-bond acceptors (Lipinski definition) is 4. The maximum Gasteiger partial charge on any atom is 0.422 e. The molecule has 19 heavy (non-hydrogen) atoms. The molecule has 1 atom stereocenters. The summed E-state index contributed by atoms with van der Waals surface area (Å²) in [6.45, 7) is 0.127. The smallest absolute Gasteiger partial charge is 0.422 e. The van der Waals surface area contributed by atoms with E-state index in [1.807, 2.05) is 0 Å². The van der Waals surface area contributed by atoms with Crippen molar-refractivity contribution in [2.75, 3.05) is 25.1 Å². The lowest BCUT2D eigenvalue weighted by atomic mass is 10.2. The van der Waals surface area contributed by atoms with Crippen molar-refractivity contribution in [3.63, 3.8) is 0 Å². The molecule has 0 aliphatic carbocycles. The summed E-state index contributed by atoms with van der Waals surface area (Å²) in [4.78, 5) is 3.80. The van der Waals surface area contributed by atoms with Crippen LogP contribution in [0.25, 0.3) is 0 Å². The van der Waals surface area contributed by atoms with Crippen molar-refractivity contribution >= 4 is 5.69 Å². The summed E-state index contributed by atoms with van der Waals surface area (Å²) >= 11 is 0. The number of hydrogen-bond donors (Lipinski definition) is 1. The number of ether oxygens (including phenoxy) is 2. The summed E-state index contributed by atoms with van der Waals surface area (Å²) in [6.07, 6.45) is -0.623. The van der Waals surface area contributed by atoms with Gasteiger partial charge in [0, 0.05) is 19.2 Å². The van der Waals surface area contributed by atoms with E-state index in [9.17, 15) is 13.2 Å². The third-order valence-corrected chi connectivity index (χ3v) is 2.68. The fraction of sp³-hybridized carbons (Fsp3) is 0.583. The van der Waals surface area contributed by atoms with Gasteiger partial charge in [0.25, 0.3) is 0 Å². The lowest BCUT2D eigenvalue weighted by molar-refractivity contribution is -0.154. The zero-order valence-corrected chi connectivity index (χ0v) is 10.2. The molecule has 0 aromatic carbocycles. The first-order valence-corrected chi connectivity index (χ1v) is 6.04. The Balaban J connectivity index is 1.77. The van der Waals surface area contributed by atoms with E-state index in [1.54, 1.807) is 6.07 Å². The van der Waals surface area contributed by atoms with Gasteiger partial charge in [-0.2, -0.15) is 13.2 Å². The third-order valence-electron chi connectivity index (χ3n) is 2.68. The Kier molecular flexibility index (Phi) is 4.47. The SMILES string of the molecule is FC(F)(F)COc1ccc(NCC2CCCO2)cn1. The Bertz CT molecular complexity index is 389. The van der Waals surface area contributed by atoms with Crippen LogP contribution < -0.4 is 10.1 Å². The van der Waals surface area contributed by atoms with Gasteiger partial charge < -0.3 is 14.8 Å². The number of nitrogens with zero attached hydrogens (tertiary/aromatic N) is 1. The molecule has 106 valence electrons. The van der Waals surface area contributed by atoms with Crippen molar-refractivity contribution in [2.24, 2.45) is 0 Å². The number of pyridine rings is 1. The molecular formula is C12H15F3N2O2. The van der Waals surface area contributed by atoms with Crippen molar-refractivity contribution in [2.45, 2.75) is 25.1 Å². The molecule has 1 aliphatic heterocycles. The van der Waals surface area contributed by atoms with E-state index in [0.29, 0.717) is 6.54 Å². The molecule has 0 bridgehead atoms. The van der Waals surface area contributed by atoms with Gasteiger partial charge in [0.05, 0.1) is 18.0 Å². The van der Waals surface area contributed by atoms with Crippen molar-refractivity contribution in [1.82, 2.24) is 4.98 Å². The van der Waals surface area contributed by atoms with Gasteiger partial charge in [-0.25, -0.2) is 4.98 Å². The topological polar surface area (TPSA) is 43.4 Å². The Hall–Kier alpha value is -1.50. The second-order valence-electron chi connectivity index (χ2n) is 4.30. The van der Waals surface area contributed by atoms with E-state index < -0.39 is 12.8 Å². The van der Waals surface area contributed by atoms with Crippen LogP contribution in [0.2, 0.25) is 0 Å². The minimum absolute atomic E-state index is 0.0417. The molecule has 2 heterocycles. The highest BCUT2D eigenvalue weighted by molar-refractivity contribution is 5.42. The first-order chi connectivity index (χ1) is 9.03. The first-order valence-electron chi connectivity index (χ1n) is 6.04. The van der Waals surface area contributed by atoms with E-state index >= 15 is 0 Å². The Morgan fingerprint density at radius 2 is 2.26 bits per heavy atom. The molecule has 1 saturated heterocycles. The number of nitrogens with one attached hydrogen (secondary N) is 1. The van der Waals surface area contributed by atoms with Crippen molar-refractivity contribution < 1.29 is 22.6 Å². The van der Waals surface area contributed by atoms with Gasteiger partial charge in [0.1, 0.15) is 0 Å². The zero-order chi connectivity index (χ0) is 13.7. The molecule has 0 spiro atoms. The maximum atomic E-state index is 11.9. The number of alkyl halides is 3. The molecule has 1 aromatic heterocycles. The summed E-state index contributed by atoms with van der Waals surface area (Å²) in [5.41, 5.74) is 0.731. The average Bonchev–Trinajstić information content (AvgIpc) is 2.87. The number of rotatable bonds is 5. The quantitative estimate of drug-likeness (QED) is 0.897. The number of aromatic nitrogens is 1. The molecule has 0 radical (unpaired) electrons. The van der Waals surface area contributed by atoms with E-state index in [0.717, 1.165) is 25.1 Å². The molecule has 1 unspecified atom stereocenters. The summed E-state index contributed by atoms with van der Waals surface area (Å²) < 4.78 is 45.8. The number of halogens is 3. The lowest BCUT2D eigenvalue weighted by Crippen LogP contribution is -2.20. The number of anilines is 1. The van der Waals surface area contributed by atoms with Crippen LogP contribution in [-0.2, 0) is 4.74 Å². The van der Waals surface area contributed by atoms with Crippen LogP contribution in [-0.4, -0.2) is 37.0 Å². The highest BCUT2D eigenvalue weighted by atomic mass is 19.4. The minimum atomic E-state index is -4.35. The Morgan fingerprint density at radius 1 is 1.42 bits per heavy atom. The third kappa shape index (κ3) is 4.94. The average molecular weight is 276 g/mol. The molecule has 0 amide bonds. The minimum Gasteiger partial charge on any atom is -0.468 e. The molecule has 1 fully saturated rings. The fourth-order valence-electron chi connectivity index (χ4n) is 1.76. The normalized spacial score (nSPS) is 19.4. The van der Waals surface area contributed by atoms with E-state index in [2.05, 4.69) is 15.0 Å². The van der Waals surface area contributed by atoms with Crippen molar-refractivity contribution in [3.8, 4) is 5.88 Å². The lowest BCUT2D eigenvalue weighted by Gasteiger charge is -2.12. The molecular weight excluding hydrogens is 261 g/mol. The first kappa shape index (κ1) is 13.9. The van der Waals surface area contributed by atoms with Crippen LogP contribution in [0.4, 0.5) is 18.9 Å². The van der Waals surface area contributed by atoms with Crippen LogP contribution in [0, 0.1) is 0 Å². The predicted octanol–water partition coefficient (Wildman–Crippen LogP) is 2.61. The summed E-state index contributed by atoms with van der Waals surface area (Å²) in [6, 6.07) is 3.04. The molecule has 1 N–H and O–H groups in total. The van der Waals surface area contributed by atoms with Crippen LogP contribution in [0.3, 0.4) is 0 Å². The molecule has 1 aliphatic rings. The second kappa shape index (κ2) is 6.10. The summed E-state index contributed by atoms with van der Waals surface area (Å²) in [5, 5.41) is 3.12. The Labute approximate surface area is 108 Å². The van der Waals surface area contributed by atoms with Gasteiger partial charge in [-0.1, -0.05) is 0 Å². The zero-order valence-electron chi connectivity index (χ0n) is 10.2. The Morgan fingerprint density at radius 3 is 2.84 bits per heavy atom. The van der Waals surface area contributed by atoms with Gasteiger partial charge >= 0.3 is 6.18 Å². The second-order valence-corrected chi connectivity index (χ2v) is 4.30. The van der Waals surface area contributed by atoms with Gasteiger partial charge in [0.2, 0.25) is 5.88 Å². The molecule has 1 aromatic rings. The predicted molar refractivity (Wildman–Crippen MR) is 63.3 cm³/mol. The van der Waals surface area contributed by atoms with Crippen LogP contribution in [0.1, 0.15) is 12.8 Å². The van der Waals surface area contributed by atoms with Gasteiger partial charge in [0.15, 0.2) is 6.61 Å². The van der Waals surface area contributed by atoms with Crippen LogP contribution in [0.15, 0.2) is 18.3 Å². The standard InChI is InChI=1S/C12H15F3N2O2/c13-12(14,15)8-19-11-4-3-9(6-17-11)16-7-10-2-1-5-18-10/h3-4,6,10,16H,1-2,5,7-8H2. The summed E-state index contributed by atoms with van der Waals surface area (Å²) in [7, 11) is 0. The van der Waals surface area contributed by atoms with Gasteiger partial charge in [-0.15, -0.1) is 0 Å². The maximum absolute atomic E-state index is 11.9. The highest BCUT2D eigenvalue weighted by Gasteiger charge is 2.28. The molecule has 0 saturated carbocycles. The van der Waals surface area contributed by atoms with Crippen molar-refractivity contribution in [3.05, 3.63) is 18.3 Å². The van der Waals surface area contributed by atoms with E-state index in [1.165, 1.54) is 12.3 Å². The molecule has 4 nitrogen and oxygen atoms in total. The monoisotopic (exact) mass is 276 g/mol. The summed E-state index contributed by atoms with van der Waals surface area (Å²) in [5.74, 6) is -0.0417. The van der Waals surface area contributed by atoms with E-state index in [-0.39, 0.29) is 12.0 Å². The van der Waals surface area contributed by atoms with Crippen LogP contribution in [0.5, 0.6) is 5.88 Å². The highest BCUT2D eigenvalue weighted by Crippen LogP contribution is 2.18. The van der Waals surface area contributed by atoms with Crippen LogP contribution >= 0.6 is 0 Å². The molecule has 2 rings (SSSR count). The fourth-order valence-corrected chi connectivity index (χ4v) is 1.76. The largest absolute Gasteiger partial charge is 0.468 e. The van der Waals surface area contributed by atoms with Gasteiger partial charge in [-0.3, -0.25) is 0 Å². The van der Waals surface area contributed by atoms with Crippen molar-refractivity contribution in [1.29, 1.82) is 0 Å².